The molecule has 1 fully saturated rings. The van der Waals surface area contributed by atoms with Crippen LogP contribution in [0.2, 0.25) is 5.02 Å². The number of halogens is 1. The van der Waals surface area contributed by atoms with E-state index in [0.29, 0.717) is 18.6 Å². The van der Waals surface area contributed by atoms with E-state index >= 15 is 0 Å². The minimum absolute atomic E-state index is 0.325. The largest absolute Gasteiger partial charge is 0.396 e. The highest BCUT2D eigenvalue weighted by atomic mass is 35.5. The quantitative estimate of drug-likeness (QED) is 0.889. The van der Waals surface area contributed by atoms with E-state index in [0.717, 1.165) is 24.5 Å². The summed E-state index contributed by atoms with van der Waals surface area (Å²) < 4.78 is 0. The molecule has 0 saturated carbocycles. The van der Waals surface area contributed by atoms with Gasteiger partial charge < -0.3 is 5.11 Å². The molecule has 0 radical (unpaired) electrons. The first-order valence-electron chi connectivity index (χ1n) is 6.92. The van der Waals surface area contributed by atoms with Gasteiger partial charge in [-0.1, -0.05) is 23.7 Å². The van der Waals surface area contributed by atoms with Gasteiger partial charge in [-0.05, 0) is 55.3 Å². The Kier molecular flexibility index (Phi) is 3.60. The van der Waals surface area contributed by atoms with Gasteiger partial charge in [0.05, 0.1) is 0 Å². The number of rotatable bonds is 2. The summed E-state index contributed by atoms with van der Waals surface area (Å²) in [6, 6.07) is 6.80. The summed E-state index contributed by atoms with van der Waals surface area (Å²) in [5, 5.41) is 10.3. The molecule has 1 aliphatic carbocycles. The van der Waals surface area contributed by atoms with Crippen LogP contribution in [0.1, 0.15) is 36.4 Å². The van der Waals surface area contributed by atoms with Gasteiger partial charge >= 0.3 is 0 Å². The Morgan fingerprint density at radius 1 is 1.33 bits per heavy atom. The second kappa shape index (κ2) is 5.20. The maximum Gasteiger partial charge on any atom is 0.0471 e. The normalized spacial score (nSPS) is 28.3. The van der Waals surface area contributed by atoms with Gasteiger partial charge in [0.1, 0.15) is 0 Å². The number of benzene rings is 1. The Balaban J connectivity index is 1.81. The van der Waals surface area contributed by atoms with Crippen molar-refractivity contribution in [1.29, 1.82) is 0 Å². The molecule has 98 valence electrons. The summed E-state index contributed by atoms with van der Waals surface area (Å²) >= 11 is 6.27. The van der Waals surface area contributed by atoms with Crippen molar-refractivity contribution in [2.24, 2.45) is 5.92 Å². The average molecular weight is 266 g/mol. The Bertz CT molecular complexity index is 435. The van der Waals surface area contributed by atoms with Crippen molar-refractivity contribution in [1.82, 2.24) is 4.90 Å². The van der Waals surface area contributed by atoms with Crippen LogP contribution >= 0.6 is 11.6 Å². The Morgan fingerprint density at radius 3 is 3.06 bits per heavy atom. The van der Waals surface area contributed by atoms with Crippen molar-refractivity contribution in [2.45, 2.75) is 31.7 Å². The van der Waals surface area contributed by atoms with E-state index in [4.69, 9.17) is 11.6 Å². The van der Waals surface area contributed by atoms with E-state index in [9.17, 15) is 5.11 Å². The fraction of sp³-hybridized carbons (Fsp3) is 0.600. The highest BCUT2D eigenvalue weighted by Gasteiger charge is 2.31. The molecule has 2 atom stereocenters. The zero-order chi connectivity index (χ0) is 12.5. The van der Waals surface area contributed by atoms with E-state index < -0.39 is 0 Å². The molecule has 2 unspecified atom stereocenters. The van der Waals surface area contributed by atoms with Gasteiger partial charge in [0, 0.05) is 24.2 Å². The molecule has 3 rings (SSSR count). The van der Waals surface area contributed by atoms with Crippen LogP contribution in [0.15, 0.2) is 18.2 Å². The molecule has 0 aromatic heterocycles. The van der Waals surface area contributed by atoms with Crippen LogP contribution in [0.3, 0.4) is 0 Å². The van der Waals surface area contributed by atoms with Gasteiger partial charge in [-0.15, -0.1) is 0 Å². The summed E-state index contributed by atoms with van der Waals surface area (Å²) in [5.74, 6) is 0.460. The molecule has 1 aromatic rings. The van der Waals surface area contributed by atoms with E-state index in [1.807, 2.05) is 6.07 Å². The first kappa shape index (κ1) is 12.5. The monoisotopic (exact) mass is 265 g/mol. The van der Waals surface area contributed by atoms with Gasteiger partial charge in [0.15, 0.2) is 0 Å². The second-order valence-electron chi connectivity index (χ2n) is 5.55. The number of aliphatic hydroxyl groups excluding tert-OH is 1. The summed E-state index contributed by atoms with van der Waals surface area (Å²) in [6.07, 6.45) is 4.65. The summed E-state index contributed by atoms with van der Waals surface area (Å²) in [6.45, 7) is 2.52. The minimum atomic E-state index is 0.325. The van der Waals surface area contributed by atoms with Crippen molar-refractivity contribution in [3.63, 3.8) is 0 Å². The van der Waals surface area contributed by atoms with Crippen LogP contribution < -0.4 is 0 Å². The number of aliphatic hydroxyl groups is 1. The first-order valence-corrected chi connectivity index (χ1v) is 7.29. The Morgan fingerprint density at radius 2 is 2.22 bits per heavy atom. The summed E-state index contributed by atoms with van der Waals surface area (Å²) in [4.78, 5) is 2.55. The fourth-order valence-corrected chi connectivity index (χ4v) is 3.77. The molecule has 1 aromatic carbocycles. The van der Waals surface area contributed by atoms with Crippen molar-refractivity contribution in [3.8, 4) is 0 Å². The van der Waals surface area contributed by atoms with Crippen LogP contribution in [0.25, 0.3) is 0 Å². The summed E-state index contributed by atoms with van der Waals surface area (Å²) in [7, 11) is 0. The number of hydrogen-bond acceptors (Lipinski definition) is 2. The maximum atomic E-state index is 9.34. The number of piperidine rings is 1. The lowest BCUT2D eigenvalue weighted by Gasteiger charge is -2.36. The van der Waals surface area contributed by atoms with Crippen LogP contribution in [0, 0.1) is 5.92 Å². The van der Waals surface area contributed by atoms with Crippen LogP contribution in [0.5, 0.6) is 0 Å². The lowest BCUT2D eigenvalue weighted by molar-refractivity contribution is 0.0878. The van der Waals surface area contributed by atoms with Crippen molar-refractivity contribution < 1.29 is 5.11 Å². The molecule has 2 aliphatic rings. The van der Waals surface area contributed by atoms with E-state index in [-0.39, 0.29) is 0 Å². The highest BCUT2D eigenvalue weighted by molar-refractivity contribution is 6.31. The third kappa shape index (κ3) is 2.18. The fourth-order valence-electron chi connectivity index (χ4n) is 3.50. The molecule has 1 saturated heterocycles. The van der Waals surface area contributed by atoms with E-state index in [2.05, 4.69) is 17.0 Å². The topological polar surface area (TPSA) is 23.5 Å². The van der Waals surface area contributed by atoms with Crippen LogP contribution in [-0.4, -0.2) is 29.7 Å². The number of likely N-dealkylation sites (tertiary alicyclic amines) is 1. The minimum Gasteiger partial charge on any atom is -0.396 e. The number of nitrogens with zero attached hydrogens (tertiary/aromatic N) is 1. The average Bonchev–Trinajstić information content (AvgIpc) is 2.84. The molecular formula is C15H20ClNO. The van der Waals surface area contributed by atoms with Crippen molar-refractivity contribution in [2.75, 3.05) is 19.7 Å². The second-order valence-corrected chi connectivity index (χ2v) is 5.96. The standard InChI is InChI=1S/C15H20ClNO/c16-14-5-1-4-13-12(14)6-7-15(13)17-8-2-3-11(9-17)10-18/h1,4-5,11,15,18H,2-3,6-10H2. The highest BCUT2D eigenvalue weighted by Crippen LogP contribution is 2.40. The van der Waals surface area contributed by atoms with E-state index in [1.165, 1.54) is 30.4 Å². The van der Waals surface area contributed by atoms with Gasteiger partial charge in [-0.25, -0.2) is 0 Å². The summed E-state index contributed by atoms with van der Waals surface area (Å²) in [5.41, 5.74) is 2.76. The maximum absolute atomic E-state index is 9.34. The molecule has 0 amide bonds. The molecule has 3 heteroatoms. The Labute approximate surface area is 114 Å². The lowest BCUT2D eigenvalue weighted by atomic mass is 9.96. The number of hydrogen-bond donors (Lipinski definition) is 1. The predicted octanol–water partition coefficient (Wildman–Crippen LogP) is 3.03. The van der Waals surface area contributed by atoms with Gasteiger partial charge in [-0.2, -0.15) is 0 Å². The zero-order valence-electron chi connectivity index (χ0n) is 10.6. The molecule has 18 heavy (non-hydrogen) atoms. The Hall–Kier alpha value is -0.570. The van der Waals surface area contributed by atoms with Crippen molar-refractivity contribution >= 4 is 11.6 Å². The third-order valence-electron chi connectivity index (χ3n) is 4.43. The van der Waals surface area contributed by atoms with Crippen LogP contribution in [-0.2, 0) is 6.42 Å². The number of fused-ring (bicyclic) bond motifs is 1. The smallest absolute Gasteiger partial charge is 0.0471 e. The molecule has 1 heterocycles. The molecule has 0 spiro atoms. The lowest BCUT2D eigenvalue weighted by Crippen LogP contribution is -2.38. The zero-order valence-corrected chi connectivity index (χ0v) is 11.4. The first-order chi connectivity index (χ1) is 8.79. The van der Waals surface area contributed by atoms with E-state index in [1.54, 1.807) is 0 Å². The van der Waals surface area contributed by atoms with Gasteiger partial charge in [-0.3, -0.25) is 4.90 Å². The molecule has 2 nitrogen and oxygen atoms in total. The molecule has 1 aliphatic heterocycles. The molecule has 1 N–H and O–H groups in total. The van der Waals surface area contributed by atoms with Gasteiger partial charge in [0.2, 0.25) is 0 Å². The molecular weight excluding hydrogens is 246 g/mol. The molecule has 0 bridgehead atoms. The SMILES string of the molecule is OCC1CCCN(C2CCc3c(Cl)cccc32)C1. The van der Waals surface area contributed by atoms with Gasteiger partial charge in [0.25, 0.3) is 0 Å². The van der Waals surface area contributed by atoms with Crippen LogP contribution in [0.4, 0.5) is 0 Å². The third-order valence-corrected chi connectivity index (χ3v) is 4.79. The van der Waals surface area contributed by atoms with Crippen molar-refractivity contribution in [3.05, 3.63) is 34.3 Å². The predicted molar refractivity (Wildman–Crippen MR) is 73.9 cm³/mol.